The molecule has 8 nitrogen and oxygen atoms in total. The highest BCUT2D eigenvalue weighted by atomic mass is 35.5. The summed E-state index contributed by atoms with van der Waals surface area (Å²) in [6, 6.07) is 20.6. The maximum absolute atomic E-state index is 13.2. The molecule has 0 aliphatic rings. The molecule has 178 valence electrons. The zero-order valence-electron chi connectivity index (χ0n) is 17.7. The van der Waals surface area contributed by atoms with Gasteiger partial charge >= 0.3 is 11.9 Å². The van der Waals surface area contributed by atoms with E-state index in [1.165, 1.54) is 0 Å². The van der Waals surface area contributed by atoms with Crippen LogP contribution in [0.1, 0.15) is 5.56 Å². The first-order chi connectivity index (χ1) is 16.7. The molecule has 12 heteroatoms. The van der Waals surface area contributed by atoms with Crippen molar-refractivity contribution in [2.24, 2.45) is 0 Å². The summed E-state index contributed by atoms with van der Waals surface area (Å²) in [5.41, 5.74) is 2.48. The fourth-order valence-corrected chi connectivity index (χ4v) is 3.35. The number of para-hydroxylation sites is 2. The molecule has 2 N–H and O–H groups in total. The van der Waals surface area contributed by atoms with Crippen LogP contribution in [0, 0.1) is 10.1 Å². The fourth-order valence-electron chi connectivity index (χ4n) is 3.19. The first kappa shape index (κ1) is 23.8. The van der Waals surface area contributed by atoms with E-state index in [1.54, 1.807) is 53.5 Å². The number of benzene rings is 3. The molecule has 1 aromatic heterocycles. The number of nitro groups is 1. The third kappa shape index (κ3) is 5.41. The lowest BCUT2D eigenvalue weighted by atomic mass is 10.2. The molecular weight excluding hydrogens is 485 g/mol. The van der Waals surface area contributed by atoms with Crippen LogP contribution in [0.5, 0.6) is 0 Å². The average molecular weight is 501 g/mol. The van der Waals surface area contributed by atoms with E-state index >= 15 is 0 Å². The Morgan fingerprint density at radius 1 is 0.886 bits per heavy atom. The minimum Gasteiger partial charge on any atom is -0.333 e. The molecule has 0 aliphatic heterocycles. The molecule has 0 aliphatic carbocycles. The Morgan fingerprint density at radius 2 is 1.46 bits per heavy atom. The van der Waals surface area contributed by atoms with Gasteiger partial charge in [0, 0.05) is 0 Å². The highest BCUT2D eigenvalue weighted by molar-refractivity contribution is 6.33. The molecule has 0 saturated carbocycles. The van der Waals surface area contributed by atoms with Crippen molar-refractivity contribution in [3.05, 3.63) is 106 Å². The highest BCUT2D eigenvalue weighted by Gasteiger charge is 2.32. The second-order valence-electron chi connectivity index (χ2n) is 7.11. The van der Waals surface area contributed by atoms with Crippen LogP contribution in [0.3, 0.4) is 0 Å². The molecule has 4 rings (SSSR count). The zero-order valence-corrected chi connectivity index (χ0v) is 18.5. The lowest BCUT2D eigenvalue weighted by molar-refractivity contribution is -0.383. The first-order valence-electron chi connectivity index (χ1n) is 10.0. The van der Waals surface area contributed by atoms with E-state index in [4.69, 9.17) is 11.6 Å². The number of hydrogen-bond acceptors (Lipinski definition) is 7. The van der Waals surface area contributed by atoms with Crippen molar-refractivity contribution in [2.75, 3.05) is 15.8 Å². The van der Waals surface area contributed by atoms with Gasteiger partial charge in [0.25, 0.3) is 0 Å². The van der Waals surface area contributed by atoms with Crippen molar-refractivity contribution in [1.29, 1.82) is 0 Å². The summed E-state index contributed by atoms with van der Waals surface area (Å²) in [6.07, 6.45) is -3.58. The normalized spacial score (nSPS) is 11.1. The number of aromatic nitrogens is 2. The Labute approximate surface area is 202 Å². The van der Waals surface area contributed by atoms with Crippen molar-refractivity contribution in [3.63, 3.8) is 0 Å². The van der Waals surface area contributed by atoms with E-state index < -0.39 is 22.4 Å². The number of nitrogens with one attached hydrogen (secondary N) is 2. The summed E-state index contributed by atoms with van der Waals surface area (Å²) in [5.74, 6) is -0.530. The number of halogens is 4. The van der Waals surface area contributed by atoms with Crippen LogP contribution >= 0.6 is 11.6 Å². The average Bonchev–Trinajstić information content (AvgIpc) is 2.84. The Morgan fingerprint density at radius 3 is 2.00 bits per heavy atom. The summed E-state index contributed by atoms with van der Waals surface area (Å²) in [6.45, 7) is 0. The van der Waals surface area contributed by atoms with E-state index in [1.807, 2.05) is 12.1 Å². The topological polar surface area (TPSA) is 96.2 Å². The largest absolute Gasteiger partial charge is 0.416 e. The number of hydrazine groups is 1. The number of nitrogens with zero attached hydrogens (tertiary/aromatic N) is 4. The molecule has 0 fully saturated rings. The van der Waals surface area contributed by atoms with Crippen molar-refractivity contribution >= 4 is 46.0 Å². The lowest BCUT2D eigenvalue weighted by Crippen LogP contribution is -2.26. The second kappa shape index (κ2) is 9.85. The first-order valence-corrected chi connectivity index (χ1v) is 10.4. The molecule has 1 heterocycles. The number of anilines is 5. The number of alkyl halides is 3. The van der Waals surface area contributed by atoms with E-state index in [9.17, 15) is 23.3 Å². The number of hydrogen-bond donors (Lipinski definition) is 2. The van der Waals surface area contributed by atoms with Gasteiger partial charge < -0.3 is 5.32 Å². The van der Waals surface area contributed by atoms with E-state index in [2.05, 4.69) is 20.7 Å². The second-order valence-corrected chi connectivity index (χ2v) is 7.52. The van der Waals surface area contributed by atoms with E-state index in [0.717, 1.165) is 24.5 Å². The van der Waals surface area contributed by atoms with E-state index in [0.29, 0.717) is 11.4 Å². The number of rotatable bonds is 7. The highest BCUT2D eigenvalue weighted by Crippen LogP contribution is 2.38. The Bertz CT molecular complexity index is 1300. The molecular formula is C23H16ClF3N6O2. The van der Waals surface area contributed by atoms with Gasteiger partial charge in [0.15, 0.2) is 0 Å². The fraction of sp³-hybridized carbons (Fsp3) is 0.0435. The molecule has 0 unspecified atom stereocenters. The van der Waals surface area contributed by atoms with Gasteiger partial charge in [0.1, 0.15) is 6.33 Å². The van der Waals surface area contributed by atoms with Crippen LogP contribution in [0.4, 0.5) is 47.6 Å². The van der Waals surface area contributed by atoms with Gasteiger partial charge in [-0.1, -0.05) is 48.0 Å². The van der Waals surface area contributed by atoms with Crippen molar-refractivity contribution in [2.45, 2.75) is 6.18 Å². The molecule has 0 atom stereocenters. The summed E-state index contributed by atoms with van der Waals surface area (Å²) in [7, 11) is 0. The van der Waals surface area contributed by atoms with Crippen molar-refractivity contribution in [3.8, 4) is 0 Å². The SMILES string of the molecule is O=[N+]([O-])c1c(Nc2cc(C(F)(F)F)ccc2Cl)ncnc1NN(c1ccccc1)c1ccccc1. The third-order valence-corrected chi connectivity index (χ3v) is 5.13. The van der Waals surface area contributed by atoms with Crippen LogP contribution in [0.25, 0.3) is 0 Å². The Balaban J connectivity index is 1.76. The van der Waals surface area contributed by atoms with Gasteiger partial charge in [-0.3, -0.25) is 20.5 Å². The summed E-state index contributed by atoms with van der Waals surface area (Å²) >= 11 is 6.05. The Hall–Kier alpha value is -4.38. The maximum atomic E-state index is 13.2. The smallest absolute Gasteiger partial charge is 0.333 e. The molecule has 4 aromatic rings. The molecule has 0 radical (unpaired) electrons. The van der Waals surface area contributed by atoms with Gasteiger partial charge in [-0.2, -0.15) is 13.2 Å². The van der Waals surface area contributed by atoms with Crippen LogP contribution in [-0.4, -0.2) is 14.9 Å². The lowest BCUT2D eigenvalue weighted by Gasteiger charge is -2.26. The summed E-state index contributed by atoms with van der Waals surface area (Å²) in [5, 5.41) is 16.1. The van der Waals surface area contributed by atoms with Crippen LogP contribution in [-0.2, 0) is 6.18 Å². The molecule has 0 saturated heterocycles. The minimum atomic E-state index is -4.63. The van der Waals surface area contributed by atoms with Gasteiger partial charge in [0.05, 0.1) is 32.6 Å². The minimum absolute atomic E-state index is 0.0735. The Kier molecular flexibility index (Phi) is 6.69. The molecule has 35 heavy (non-hydrogen) atoms. The van der Waals surface area contributed by atoms with Gasteiger partial charge in [0.2, 0.25) is 11.6 Å². The molecule has 0 bridgehead atoms. The predicted octanol–water partition coefficient (Wildman–Crippen LogP) is 6.97. The van der Waals surface area contributed by atoms with Gasteiger partial charge in [-0.05, 0) is 42.5 Å². The maximum Gasteiger partial charge on any atom is 0.416 e. The predicted molar refractivity (Wildman–Crippen MR) is 127 cm³/mol. The summed E-state index contributed by atoms with van der Waals surface area (Å²) in [4.78, 5) is 19.2. The van der Waals surface area contributed by atoms with Crippen molar-refractivity contribution in [1.82, 2.24) is 9.97 Å². The van der Waals surface area contributed by atoms with Gasteiger partial charge in [-0.25, -0.2) is 9.97 Å². The molecule has 0 amide bonds. The summed E-state index contributed by atoms with van der Waals surface area (Å²) < 4.78 is 39.5. The third-order valence-electron chi connectivity index (χ3n) is 4.80. The van der Waals surface area contributed by atoms with Crippen LogP contribution in [0.2, 0.25) is 5.02 Å². The van der Waals surface area contributed by atoms with Crippen molar-refractivity contribution < 1.29 is 18.1 Å². The quantitative estimate of drug-likeness (QED) is 0.209. The van der Waals surface area contributed by atoms with Crippen LogP contribution < -0.4 is 15.8 Å². The monoisotopic (exact) mass is 500 g/mol. The molecule has 0 spiro atoms. The standard InChI is InChI=1S/C23H16ClF3N6O2/c24-18-12-11-15(23(25,26)27)13-19(18)30-21-20(33(34)35)22(29-14-28-21)31-32(16-7-3-1-4-8-16)17-9-5-2-6-10-17/h1-14H,(H2,28,29,30,31). The van der Waals surface area contributed by atoms with E-state index in [-0.39, 0.29) is 22.3 Å². The van der Waals surface area contributed by atoms with Crippen LogP contribution in [0.15, 0.2) is 85.2 Å². The zero-order chi connectivity index (χ0) is 25.0. The molecule has 3 aromatic carbocycles. The van der Waals surface area contributed by atoms with Gasteiger partial charge in [-0.15, -0.1) is 0 Å².